The fraction of sp³-hybridized carbons (Fsp3) is 0.269. The van der Waals surface area contributed by atoms with Crippen LogP contribution in [0.15, 0.2) is 52.4 Å². The molecular formula is C26H24FN5O4S. The second-order valence-corrected chi connectivity index (χ2v) is 11.6. The highest BCUT2D eigenvalue weighted by molar-refractivity contribution is 7.91. The minimum absolute atomic E-state index is 0.00998. The molecule has 2 aromatic heterocycles. The first-order chi connectivity index (χ1) is 17.6. The normalized spacial score (nSPS) is 16.0. The molecule has 1 spiro atoms. The van der Waals surface area contributed by atoms with Gasteiger partial charge in [0.05, 0.1) is 32.6 Å². The molecule has 0 atom stereocenters. The average Bonchev–Trinajstić information content (AvgIpc) is 3.37. The van der Waals surface area contributed by atoms with Gasteiger partial charge in [-0.2, -0.15) is 5.10 Å². The summed E-state index contributed by atoms with van der Waals surface area (Å²) in [5, 5.41) is 10.1. The number of benzene rings is 2. The lowest BCUT2D eigenvalue weighted by molar-refractivity contribution is -0.119. The minimum atomic E-state index is -3.92. The van der Waals surface area contributed by atoms with Crippen LogP contribution >= 0.6 is 0 Å². The van der Waals surface area contributed by atoms with Crippen molar-refractivity contribution in [1.82, 2.24) is 20.1 Å². The molecular weight excluding hydrogens is 497 g/mol. The first kappa shape index (κ1) is 23.4. The Morgan fingerprint density at radius 1 is 1.19 bits per heavy atom. The van der Waals surface area contributed by atoms with Crippen molar-refractivity contribution in [3.8, 4) is 0 Å². The molecule has 0 unspecified atom stereocenters. The number of amides is 2. The molecule has 190 valence electrons. The maximum Gasteiger partial charge on any atom is 0.268 e. The standard InChI is InChI=1S/C26H24FN5O4S/c1-14-22(37(35,36)16-4-7-20-15(10-16)12-29-30-20)11-21(31(14)2)24(33)28-13-17-19(27)6-5-18-23(17)32(3)25(34)26(18)8-9-26/h4-7,10-12H,8-9,13H2,1-3H3,(H,28,33)(H,29,30). The lowest BCUT2D eigenvalue weighted by Crippen LogP contribution is -2.29. The Morgan fingerprint density at radius 3 is 2.68 bits per heavy atom. The first-order valence-electron chi connectivity index (χ1n) is 11.8. The van der Waals surface area contributed by atoms with E-state index in [0.29, 0.717) is 22.3 Å². The van der Waals surface area contributed by atoms with Crippen LogP contribution in [0.1, 0.15) is 40.2 Å². The Morgan fingerprint density at radius 2 is 1.95 bits per heavy atom. The number of nitrogens with one attached hydrogen (secondary N) is 2. The molecule has 1 saturated carbocycles. The molecule has 2 aromatic carbocycles. The Bertz CT molecular complexity index is 1750. The van der Waals surface area contributed by atoms with Gasteiger partial charge in [0, 0.05) is 37.3 Å². The number of aromatic amines is 1. The number of fused-ring (bicyclic) bond motifs is 3. The van der Waals surface area contributed by atoms with Crippen molar-refractivity contribution in [2.24, 2.45) is 7.05 Å². The molecule has 2 aliphatic rings. The van der Waals surface area contributed by atoms with Gasteiger partial charge in [-0.15, -0.1) is 0 Å². The predicted octanol–water partition coefficient (Wildman–Crippen LogP) is 3.12. The van der Waals surface area contributed by atoms with E-state index in [0.717, 1.165) is 18.4 Å². The molecule has 9 nitrogen and oxygen atoms in total. The number of sulfone groups is 1. The van der Waals surface area contributed by atoms with Crippen molar-refractivity contribution in [2.45, 2.75) is 41.5 Å². The topological polar surface area (TPSA) is 117 Å². The third-order valence-corrected chi connectivity index (χ3v) is 9.57. The monoisotopic (exact) mass is 521 g/mol. The summed E-state index contributed by atoms with van der Waals surface area (Å²) in [5.41, 5.74) is 2.20. The van der Waals surface area contributed by atoms with Gasteiger partial charge >= 0.3 is 0 Å². The Hall–Kier alpha value is -3.99. The number of rotatable bonds is 5. The van der Waals surface area contributed by atoms with Crippen LogP contribution in [0.3, 0.4) is 0 Å². The summed E-state index contributed by atoms with van der Waals surface area (Å²) in [5.74, 6) is -1.12. The maximum absolute atomic E-state index is 14.9. The van der Waals surface area contributed by atoms with Gasteiger partial charge in [-0.25, -0.2) is 12.8 Å². The molecule has 6 rings (SSSR count). The zero-order chi connectivity index (χ0) is 26.3. The quantitative estimate of drug-likeness (QED) is 0.419. The highest BCUT2D eigenvalue weighted by Gasteiger charge is 2.59. The van der Waals surface area contributed by atoms with E-state index in [4.69, 9.17) is 0 Å². The van der Waals surface area contributed by atoms with Gasteiger partial charge in [0.15, 0.2) is 0 Å². The third kappa shape index (κ3) is 3.26. The molecule has 3 heterocycles. The number of aromatic nitrogens is 3. The van der Waals surface area contributed by atoms with Gasteiger partial charge in [0.1, 0.15) is 11.5 Å². The van der Waals surface area contributed by atoms with E-state index in [1.54, 1.807) is 39.3 Å². The highest BCUT2D eigenvalue weighted by Crippen LogP contribution is 2.57. The van der Waals surface area contributed by atoms with Crippen LogP contribution in [-0.2, 0) is 33.6 Å². The number of anilines is 1. The van der Waals surface area contributed by atoms with Crippen molar-refractivity contribution >= 4 is 38.2 Å². The lowest BCUT2D eigenvalue weighted by atomic mass is 9.95. The van der Waals surface area contributed by atoms with Gasteiger partial charge in [-0.05, 0) is 55.7 Å². The van der Waals surface area contributed by atoms with Crippen LogP contribution in [0.5, 0.6) is 0 Å². The van der Waals surface area contributed by atoms with E-state index in [1.165, 1.54) is 33.7 Å². The highest BCUT2D eigenvalue weighted by atomic mass is 32.2. The molecule has 2 amide bonds. The largest absolute Gasteiger partial charge is 0.346 e. The number of H-pyrrole nitrogens is 1. The van der Waals surface area contributed by atoms with Gasteiger partial charge in [0.2, 0.25) is 15.7 Å². The number of carbonyl (C=O) groups is 2. The van der Waals surface area contributed by atoms with E-state index in [1.807, 2.05) is 0 Å². The van der Waals surface area contributed by atoms with E-state index in [9.17, 15) is 22.4 Å². The Kier molecular flexibility index (Phi) is 4.91. The van der Waals surface area contributed by atoms with Gasteiger partial charge < -0.3 is 14.8 Å². The van der Waals surface area contributed by atoms with Gasteiger partial charge in [-0.3, -0.25) is 14.7 Å². The molecule has 0 saturated heterocycles. The SMILES string of the molecule is Cc1c(S(=O)(=O)c2ccc3[nH]ncc3c2)cc(C(=O)NCc2c(F)ccc3c2N(C)C(=O)C32CC2)n1C. The molecule has 1 fully saturated rings. The van der Waals surface area contributed by atoms with Crippen LogP contribution in [-0.4, -0.2) is 42.0 Å². The van der Waals surface area contributed by atoms with Gasteiger partial charge in [0.25, 0.3) is 5.91 Å². The summed E-state index contributed by atoms with van der Waals surface area (Å²) in [4.78, 5) is 27.5. The lowest BCUT2D eigenvalue weighted by Gasteiger charge is -2.16. The Balaban J connectivity index is 1.30. The smallest absolute Gasteiger partial charge is 0.268 e. The predicted molar refractivity (Wildman–Crippen MR) is 134 cm³/mol. The summed E-state index contributed by atoms with van der Waals surface area (Å²) in [6, 6.07) is 8.99. The van der Waals surface area contributed by atoms with Crippen molar-refractivity contribution < 1.29 is 22.4 Å². The zero-order valence-electron chi connectivity index (χ0n) is 20.4. The molecule has 1 aliphatic carbocycles. The molecule has 0 bridgehead atoms. The second-order valence-electron chi connectivity index (χ2n) is 9.71. The van der Waals surface area contributed by atoms with E-state index in [2.05, 4.69) is 15.5 Å². The number of likely N-dealkylation sites (N-methyl/N-ethyl adjacent to an activating group) is 1. The van der Waals surface area contributed by atoms with E-state index in [-0.39, 0.29) is 33.5 Å². The van der Waals surface area contributed by atoms with E-state index < -0.39 is 27.0 Å². The van der Waals surface area contributed by atoms with Crippen LogP contribution in [0.4, 0.5) is 10.1 Å². The minimum Gasteiger partial charge on any atom is -0.346 e. The summed E-state index contributed by atoms with van der Waals surface area (Å²) in [6.07, 6.45) is 3.00. The number of hydrogen-bond acceptors (Lipinski definition) is 5. The number of hydrogen-bond donors (Lipinski definition) is 2. The molecule has 4 aromatic rings. The van der Waals surface area contributed by atoms with Crippen molar-refractivity contribution in [3.63, 3.8) is 0 Å². The van der Waals surface area contributed by atoms with Crippen LogP contribution in [0.2, 0.25) is 0 Å². The second kappa shape index (κ2) is 7.75. The molecule has 37 heavy (non-hydrogen) atoms. The molecule has 2 N–H and O–H groups in total. The van der Waals surface area contributed by atoms with Gasteiger partial charge in [-0.1, -0.05) is 6.07 Å². The zero-order valence-corrected chi connectivity index (χ0v) is 21.2. The van der Waals surface area contributed by atoms with Crippen molar-refractivity contribution in [3.05, 3.63) is 70.9 Å². The maximum atomic E-state index is 14.9. The fourth-order valence-electron chi connectivity index (χ4n) is 5.33. The van der Waals surface area contributed by atoms with Crippen LogP contribution in [0.25, 0.3) is 10.9 Å². The summed E-state index contributed by atoms with van der Waals surface area (Å²) >= 11 is 0. The van der Waals surface area contributed by atoms with Crippen LogP contribution in [0, 0.1) is 12.7 Å². The summed E-state index contributed by atoms with van der Waals surface area (Å²) < 4.78 is 43.2. The Labute approximate surface area is 212 Å². The number of carbonyl (C=O) groups excluding carboxylic acids is 2. The summed E-state index contributed by atoms with van der Waals surface area (Å²) in [6.45, 7) is 1.48. The molecule has 0 radical (unpaired) electrons. The number of halogens is 1. The van der Waals surface area contributed by atoms with Crippen LogP contribution < -0.4 is 10.2 Å². The van der Waals surface area contributed by atoms with Crippen molar-refractivity contribution in [2.75, 3.05) is 11.9 Å². The summed E-state index contributed by atoms with van der Waals surface area (Å²) in [7, 11) is -0.696. The van der Waals surface area contributed by atoms with E-state index >= 15 is 0 Å². The third-order valence-electron chi connectivity index (χ3n) is 7.70. The molecule has 11 heteroatoms. The first-order valence-corrected chi connectivity index (χ1v) is 13.3. The molecule has 1 aliphatic heterocycles. The fourth-order valence-corrected chi connectivity index (χ4v) is 6.91. The number of nitrogens with zero attached hydrogens (tertiary/aromatic N) is 3. The average molecular weight is 522 g/mol. The van der Waals surface area contributed by atoms with Crippen molar-refractivity contribution in [1.29, 1.82) is 0 Å².